The predicted octanol–water partition coefficient (Wildman–Crippen LogP) is 3.92. The van der Waals surface area contributed by atoms with Crippen molar-refractivity contribution in [3.63, 3.8) is 0 Å². The van der Waals surface area contributed by atoms with Crippen LogP contribution in [0.2, 0.25) is 0 Å². The van der Waals surface area contributed by atoms with Crippen molar-refractivity contribution < 1.29 is 13.2 Å². The fraction of sp³-hybridized carbons (Fsp3) is 0.250. The minimum atomic E-state index is -0.592. The summed E-state index contributed by atoms with van der Waals surface area (Å²) >= 11 is 0. The number of halogens is 3. The zero-order valence-corrected chi connectivity index (χ0v) is 11.4. The van der Waals surface area contributed by atoms with E-state index in [1.54, 1.807) is 13.1 Å². The van der Waals surface area contributed by atoms with E-state index in [2.05, 4.69) is 5.32 Å². The number of nitrogens with one attached hydrogen (secondary N) is 1. The maximum atomic E-state index is 13.7. The van der Waals surface area contributed by atoms with E-state index in [4.69, 9.17) is 0 Å². The van der Waals surface area contributed by atoms with E-state index < -0.39 is 11.6 Å². The van der Waals surface area contributed by atoms with Gasteiger partial charge in [0.1, 0.15) is 17.5 Å². The highest BCUT2D eigenvalue weighted by atomic mass is 19.1. The lowest BCUT2D eigenvalue weighted by Crippen LogP contribution is -2.20. The van der Waals surface area contributed by atoms with Gasteiger partial charge in [0.05, 0.1) is 0 Å². The van der Waals surface area contributed by atoms with Crippen LogP contribution in [0.3, 0.4) is 0 Å². The second-order valence-electron chi connectivity index (χ2n) is 4.78. The molecule has 1 atom stereocenters. The van der Waals surface area contributed by atoms with Gasteiger partial charge in [-0.25, -0.2) is 13.2 Å². The van der Waals surface area contributed by atoms with Crippen LogP contribution in [-0.4, -0.2) is 7.05 Å². The molecule has 0 aliphatic carbocycles. The second-order valence-corrected chi connectivity index (χ2v) is 4.78. The quantitative estimate of drug-likeness (QED) is 0.894. The van der Waals surface area contributed by atoms with Crippen molar-refractivity contribution in [3.05, 3.63) is 70.5 Å². The molecule has 0 aliphatic heterocycles. The Morgan fingerprint density at radius 2 is 1.65 bits per heavy atom. The molecule has 106 valence electrons. The Morgan fingerprint density at radius 1 is 1.00 bits per heavy atom. The van der Waals surface area contributed by atoms with E-state index in [0.717, 1.165) is 17.2 Å². The normalized spacial score (nSPS) is 12.4. The van der Waals surface area contributed by atoms with E-state index in [1.807, 2.05) is 6.92 Å². The predicted molar refractivity (Wildman–Crippen MR) is 73.0 cm³/mol. The third-order valence-corrected chi connectivity index (χ3v) is 3.39. The van der Waals surface area contributed by atoms with E-state index in [9.17, 15) is 13.2 Å². The molecule has 20 heavy (non-hydrogen) atoms. The SMILES string of the molecule is CNC(Cc1ccc(F)cc1F)c1ccc(F)cc1C. The van der Waals surface area contributed by atoms with Gasteiger partial charge in [0.15, 0.2) is 0 Å². The summed E-state index contributed by atoms with van der Waals surface area (Å²) in [7, 11) is 1.76. The summed E-state index contributed by atoms with van der Waals surface area (Å²) in [6.45, 7) is 1.81. The molecule has 0 fully saturated rings. The Hall–Kier alpha value is -1.81. The van der Waals surface area contributed by atoms with Crippen LogP contribution in [0.5, 0.6) is 0 Å². The van der Waals surface area contributed by atoms with Crippen molar-refractivity contribution in [2.75, 3.05) is 7.05 Å². The largest absolute Gasteiger partial charge is 0.313 e. The van der Waals surface area contributed by atoms with Crippen molar-refractivity contribution in [1.29, 1.82) is 0 Å². The highest BCUT2D eigenvalue weighted by molar-refractivity contribution is 5.31. The first-order valence-corrected chi connectivity index (χ1v) is 6.38. The molecule has 0 amide bonds. The highest BCUT2D eigenvalue weighted by Gasteiger charge is 2.15. The number of hydrogen-bond acceptors (Lipinski definition) is 1. The number of aryl methyl sites for hydroxylation is 1. The van der Waals surface area contributed by atoms with Gasteiger partial charge < -0.3 is 5.32 Å². The van der Waals surface area contributed by atoms with Gasteiger partial charge >= 0.3 is 0 Å². The molecule has 1 nitrogen and oxygen atoms in total. The molecule has 0 radical (unpaired) electrons. The van der Waals surface area contributed by atoms with E-state index >= 15 is 0 Å². The zero-order chi connectivity index (χ0) is 14.7. The maximum absolute atomic E-state index is 13.7. The summed E-state index contributed by atoms with van der Waals surface area (Å²) < 4.78 is 39.7. The lowest BCUT2D eigenvalue weighted by molar-refractivity contribution is 0.538. The van der Waals surface area contributed by atoms with Crippen LogP contribution in [0.4, 0.5) is 13.2 Å². The third kappa shape index (κ3) is 3.20. The second kappa shape index (κ2) is 6.09. The van der Waals surface area contributed by atoms with Gasteiger partial charge in [-0.2, -0.15) is 0 Å². The monoisotopic (exact) mass is 279 g/mol. The minimum absolute atomic E-state index is 0.157. The van der Waals surface area contributed by atoms with Gasteiger partial charge in [-0.3, -0.25) is 0 Å². The molecule has 4 heteroatoms. The van der Waals surface area contributed by atoms with Gasteiger partial charge in [-0.1, -0.05) is 12.1 Å². The van der Waals surface area contributed by atoms with Crippen molar-refractivity contribution in [1.82, 2.24) is 5.32 Å². The van der Waals surface area contributed by atoms with Crippen LogP contribution < -0.4 is 5.32 Å². The molecule has 1 N–H and O–H groups in total. The molecule has 0 saturated carbocycles. The van der Waals surface area contributed by atoms with Gasteiger partial charge in [0.25, 0.3) is 0 Å². The zero-order valence-electron chi connectivity index (χ0n) is 11.4. The van der Waals surface area contributed by atoms with Gasteiger partial charge in [-0.15, -0.1) is 0 Å². The average molecular weight is 279 g/mol. The van der Waals surface area contributed by atoms with E-state index in [1.165, 1.54) is 24.3 Å². The van der Waals surface area contributed by atoms with Gasteiger partial charge in [-0.05, 0) is 55.3 Å². The Kier molecular flexibility index (Phi) is 4.45. The molecule has 2 rings (SSSR count). The Morgan fingerprint density at radius 3 is 2.25 bits per heavy atom. The van der Waals surface area contributed by atoms with Crippen molar-refractivity contribution in [2.45, 2.75) is 19.4 Å². The first kappa shape index (κ1) is 14.6. The standard InChI is InChI=1S/C16H16F3N/c1-10-7-12(17)5-6-14(10)16(20-2)8-11-3-4-13(18)9-15(11)19/h3-7,9,16,20H,8H2,1-2H3. The molecule has 0 heterocycles. The van der Waals surface area contributed by atoms with Crippen LogP contribution >= 0.6 is 0 Å². The average Bonchev–Trinajstić information content (AvgIpc) is 2.39. The summed E-state index contributed by atoms with van der Waals surface area (Å²) in [5.41, 5.74) is 2.12. The molecule has 2 aromatic rings. The molecule has 0 spiro atoms. The fourth-order valence-corrected chi connectivity index (χ4v) is 2.30. The number of rotatable bonds is 4. The summed E-state index contributed by atoms with van der Waals surface area (Å²) in [5.74, 6) is -1.45. The Labute approximate surface area is 116 Å². The first-order valence-electron chi connectivity index (χ1n) is 6.38. The molecule has 0 bridgehead atoms. The van der Waals surface area contributed by atoms with Crippen LogP contribution in [-0.2, 0) is 6.42 Å². The number of hydrogen-bond donors (Lipinski definition) is 1. The number of likely N-dealkylation sites (N-methyl/N-ethyl adjacent to an activating group) is 1. The summed E-state index contributed by atoms with van der Waals surface area (Å²) in [6, 6.07) is 7.91. The molecule has 2 aromatic carbocycles. The van der Waals surface area contributed by atoms with Crippen molar-refractivity contribution in [3.8, 4) is 0 Å². The topological polar surface area (TPSA) is 12.0 Å². The third-order valence-electron chi connectivity index (χ3n) is 3.39. The van der Waals surface area contributed by atoms with Crippen molar-refractivity contribution >= 4 is 0 Å². The van der Waals surface area contributed by atoms with Crippen molar-refractivity contribution in [2.24, 2.45) is 0 Å². The summed E-state index contributed by atoms with van der Waals surface area (Å²) in [6.07, 6.45) is 0.370. The molecular formula is C16H16F3N. The Balaban J connectivity index is 2.28. The Bertz CT molecular complexity index is 611. The van der Waals surface area contributed by atoms with Gasteiger partial charge in [0, 0.05) is 12.1 Å². The summed E-state index contributed by atoms with van der Waals surface area (Å²) in [5, 5.41) is 3.09. The van der Waals surface area contributed by atoms with Gasteiger partial charge in [0.2, 0.25) is 0 Å². The molecule has 0 saturated heterocycles. The van der Waals surface area contributed by atoms with Crippen LogP contribution in [0.1, 0.15) is 22.7 Å². The molecule has 1 unspecified atom stereocenters. The lowest BCUT2D eigenvalue weighted by Gasteiger charge is -2.19. The van der Waals surface area contributed by atoms with E-state index in [0.29, 0.717) is 12.0 Å². The van der Waals surface area contributed by atoms with E-state index in [-0.39, 0.29) is 11.9 Å². The van der Waals surface area contributed by atoms with Crippen LogP contribution in [0, 0.1) is 24.4 Å². The smallest absolute Gasteiger partial charge is 0.129 e. The maximum Gasteiger partial charge on any atom is 0.129 e. The number of benzene rings is 2. The fourth-order valence-electron chi connectivity index (χ4n) is 2.30. The molecule has 0 aromatic heterocycles. The van der Waals surface area contributed by atoms with Crippen LogP contribution in [0.15, 0.2) is 36.4 Å². The summed E-state index contributed by atoms with van der Waals surface area (Å²) in [4.78, 5) is 0. The highest BCUT2D eigenvalue weighted by Crippen LogP contribution is 2.23. The molecule has 0 aliphatic rings. The first-order chi connectivity index (χ1) is 9.51. The van der Waals surface area contributed by atoms with Crippen LogP contribution in [0.25, 0.3) is 0 Å². The lowest BCUT2D eigenvalue weighted by atomic mass is 9.95. The minimum Gasteiger partial charge on any atom is -0.313 e. The molecular weight excluding hydrogens is 263 g/mol.